The summed E-state index contributed by atoms with van der Waals surface area (Å²) >= 11 is 0. The summed E-state index contributed by atoms with van der Waals surface area (Å²) in [7, 11) is 0. The van der Waals surface area contributed by atoms with Gasteiger partial charge >= 0.3 is 0 Å². The van der Waals surface area contributed by atoms with Gasteiger partial charge in [0.1, 0.15) is 16.6 Å². The molecule has 1 aromatic heterocycles. The highest BCUT2D eigenvalue weighted by Gasteiger charge is 2.30. The van der Waals surface area contributed by atoms with Gasteiger partial charge in [-0.2, -0.15) is 0 Å². The van der Waals surface area contributed by atoms with Gasteiger partial charge in [0.2, 0.25) is 11.2 Å². The highest BCUT2D eigenvalue weighted by Crippen LogP contribution is 2.46. The number of ether oxygens (including phenoxy) is 1. The number of benzene rings is 2. The molecule has 2 aromatic carbocycles. The minimum atomic E-state index is -0.682. The number of hydrogen-bond acceptors (Lipinski definition) is 6. The Bertz CT molecular complexity index is 1290. The number of allylic oxidation sites excluding steroid dienone is 1. The number of aromatic hydroxyl groups is 3. The van der Waals surface area contributed by atoms with Gasteiger partial charge in [-0.25, -0.2) is 0 Å². The molecule has 0 spiro atoms. The summed E-state index contributed by atoms with van der Waals surface area (Å²) in [5.74, 6) is -1.06. The Morgan fingerprint density at radius 1 is 1.10 bits per heavy atom. The van der Waals surface area contributed by atoms with Crippen LogP contribution in [0.1, 0.15) is 38.8 Å². The number of phenolic OH excluding ortho intramolecular Hbond substituents is 3. The van der Waals surface area contributed by atoms with E-state index in [0.717, 1.165) is 0 Å². The smallest absolute Gasteiger partial charge is 0.204 e. The van der Waals surface area contributed by atoms with Crippen LogP contribution in [0.15, 0.2) is 40.1 Å². The lowest BCUT2D eigenvalue weighted by molar-refractivity contribution is 0.153. The second kappa shape index (κ2) is 5.80. The molecule has 2 heterocycles. The van der Waals surface area contributed by atoms with E-state index in [4.69, 9.17) is 9.15 Å². The first-order chi connectivity index (χ1) is 13.5. The highest BCUT2D eigenvalue weighted by molar-refractivity contribution is 6.00. The molecule has 6 nitrogen and oxygen atoms in total. The van der Waals surface area contributed by atoms with Gasteiger partial charge in [-0.05, 0) is 32.1 Å². The van der Waals surface area contributed by atoms with Crippen LogP contribution >= 0.6 is 0 Å². The van der Waals surface area contributed by atoms with E-state index >= 15 is 0 Å². The average molecular weight is 394 g/mol. The zero-order chi connectivity index (χ0) is 21.3. The van der Waals surface area contributed by atoms with Crippen LogP contribution in [0.5, 0.6) is 23.0 Å². The molecule has 0 radical (unpaired) electrons. The molecule has 0 bridgehead atoms. The first-order valence-corrected chi connectivity index (χ1v) is 9.20. The Kier molecular flexibility index (Phi) is 3.78. The van der Waals surface area contributed by atoms with Gasteiger partial charge in [0.25, 0.3) is 0 Å². The lowest BCUT2D eigenvalue weighted by Gasteiger charge is -2.28. The lowest BCUT2D eigenvalue weighted by atomic mass is 9.83. The van der Waals surface area contributed by atoms with E-state index in [9.17, 15) is 20.1 Å². The zero-order valence-corrected chi connectivity index (χ0v) is 16.7. The zero-order valence-electron chi connectivity index (χ0n) is 16.7. The van der Waals surface area contributed by atoms with Gasteiger partial charge in [0.05, 0.1) is 5.39 Å². The first kappa shape index (κ1) is 18.9. The lowest BCUT2D eigenvalue weighted by Crippen LogP contribution is -2.27. The summed E-state index contributed by atoms with van der Waals surface area (Å²) in [4.78, 5) is 13.3. The number of phenols is 3. The van der Waals surface area contributed by atoms with Crippen molar-refractivity contribution in [3.63, 3.8) is 0 Å². The van der Waals surface area contributed by atoms with Crippen LogP contribution in [0, 0.1) is 0 Å². The van der Waals surface area contributed by atoms with Gasteiger partial charge in [-0.1, -0.05) is 26.0 Å². The molecule has 0 unspecified atom stereocenters. The molecule has 6 heteroatoms. The molecular weight excluding hydrogens is 372 g/mol. The SMILES string of the molecule is C=CC(C)(C)c1cc(O)c(O)c2c(=O)c3cc4c(c(O)c3oc12)OC(C)(C)C=C4. The Morgan fingerprint density at radius 2 is 1.79 bits per heavy atom. The summed E-state index contributed by atoms with van der Waals surface area (Å²) < 4.78 is 11.8. The third kappa shape index (κ3) is 2.67. The molecular formula is C23H22O6. The molecule has 150 valence electrons. The van der Waals surface area contributed by atoms with Crippen molar-refractivity contribution in [2.45, 2.75) is 38.7 Å². The molecule has 0 aliphatic carbocycles. The van der Waals surface area contributed by atoms with E-state index in [1.54, 1.807) is 18.2 Å². The molecule has 29 heavy (non-hydrogen) atoms. The van der Waals surface area contributed by atoms with Crippen LogP contribution in [-0.2, 0) is 5.41 Å². The minimum absolute atomic E-state index is 0.0430. The number of fused-ring (bicyclic) bond motifs is 3. The molecule has 4 rings (SSSR count). The summed E-state index contributed by atoms with van der Waals surface area (Å²) in [6, 6.07) is 2.88. The van der Waals surface area contributed by atoms with Crippen LogP contribution in [0.25, 0.3) is 28.0 Å². The van der Waals surface area contributed by atoms with Crippen LogP contribution in [0.4, 0.5) is 0 Å². The van der Waals surface area contributed by atoms with E-state index in [2.05, 4.69) is 6.58 Å². The van der Waals surface area contributed by atoms with Gasteiger partial charge < -0.3 is 24.5 Å². The maximum absolute atomic E-state index is 13.3. The van der Waals surface area contributed by atoms with Gasteiger partial charge in [0.15, 0.2) is 22.8 Å². The Labute approximate surface area is 167 Å². The van der Waals surface area contributed by atoms with Crippen molar-refractivity contribution >= 4 is 28.0 Å². The molecule has 3 N–H and O–H groups in total. The van der Waals surface area contributed by atoms with Gasteiger partial charge in [-0.15, -0.1) is 6.58 Å². The van der Waals surface area contributed by atoms with Crippen molar-refractivity contribution < 1.29 is 24.5 Å². The third-order valence-corrected chi connectivity index (χ3v) is 5.38. The second-order valence-corrected chi connectivity index (χ2v) is 8.41. The Balaban J connectivity index is 2.21. The standard InChI is InChI=1S/C23H22O6/c1-6-22(2,3)13-10-14(24)17(26)15-16(25)12-9-11-7-8-23(4,5)29-19(11)18(27)20(12)28-21(13)15/h6-10,24,26-27H,1H2,2-5H3. The van der Waals surface area contributed by atoms with Crippen molar-refractivity contribution in [1.29, 1.82) is 0 Å². The second-order valence-electron chi connectivity index (χ2n) is 8.41. The molecule has 1 aliphatic heterocycles. The maximum atomic E-state index is 13.3. The van der Waals surface area contributed by atoms with E-state index in [1.165, 1.54) is 6.07 Å². The van der Waals surface area contributed by atoms with Crippen molar-refractivity contribution in [3.05, 3.63) is 52.2 Å². The van der Waals surface area contributed by atoms with E-state index in [-0.39, 0.29) is 33.4 Å². The van der Waals surface area contributed by atoms with Gasteiger partial charge in [-0.3, -0.25) is 4.79 Å². The average Bonchev–Trinajstić information content (AvgIpc) is 2.65. The summed E-state index contributed by atoms with van der Waals surface area (Å²) in [5.41, 5.74) is -0.871. The Morgan fingerprint density at radius 3 is 2.45 bits per heavy atom. The van der Waals surface area contributed by atoms with Crippen molar-refractivity contribution in [1.82, 2.24) is 0 Å². The van der Waals surface area contributed by atoms with Gasteiger partial charge in [0, 0.05) is 16.5 Å². The van der Waals surface area contributed by atoms with Crippen molar-refractivity contribution in [2.75, 3.05) is 0 Å². The fraction of sp³-hybridized carbons (Fsp3) is 0.261. The van der Waals surface area contributed by atoms with E-state index < -0.39 is 27.9 Å². The molecule has 0 atom stereocenters. The summed E-state index contributed by atoms with van der Waals surface area (Å²) in [5, 5.41) is 31.4. The predicted octanol–water partition coefficient (Wildman–Crippen LogP) is 4.71. The molecule has 1 aliphatic rings. The minimum Gasteiger partial charge on any atom is -0.504 e. The van der Waals surface area contributed by atoms with Crippen molar-refractivity contribution in [2.24, 2.45) is 0 Å². The molecule has 0 fully saturated rings. The molecule has 3 aromatic rings. The predicted molar refractivity (Wildman–Crippen MR) is 112 cm³/mol. The van der Waals surface area contributed by atoms with E-state index in [1.807, 2.05) is 33.8 Å². The quantitative estimate of drug-likeness (QED) is 0.331. The van der Waals surface area contributed by atoms with Crippen molar-refractivity contribution in [3.8, 4) is 23.0 Å². The topological polar surface area (TPSA) is 100 Å². The Hall–Kier alpha value is -3.41. The summed E-state index contributed by atoms with van der Waals surface area (Å²) in [6.07, 6.45) is 5.22. The highest BCUT2D eigenvalue weighted by atomic mass is 16.5. The number of hydrogen-bond donors (Lipinski definition) is 3. The van der Waals surface area contributed by atoms with Crippen LogP contribution < -0.4 is 10.2 Å². The molecule has 0 amide bonds. The fourth-order valence-electron chi connectivity index (χ4n) is 3.53. The normalized spacial score (nSPS) is 15.3. The van der Waals surface area contributed by atoms with Crippen LogP contribution in [0.2, 0.25) is 0 Å². The summed E-state index contributed by atoms with van der Waals surface area (Å²) in [6.45, 7) is 11.2. The van der Waals surface area contributed by atoms with E-state index in [0.29, 0.717) is 11.1 Å². The monoisotopic (exact) mass is 394 g/mol. The maximum Gasteiger partial charge on any atom is 0.204 e. The fourth-order valence-corrected chi connectivity index (χ4v) is 3.53. The molecule has 0 saturated heterocycles. The number of rotatable bonds is 2. The first-order valence-electron chi connectivity index (χ1n) is 9.20. The largest absolute Gasteiger partial charge is 0.504 e. The van der Waals surface area contributed by atoms with Crippen LogP contribution in [-0.4, -0.2) is 20.9 Å². The molecule has 0 saturated carbocycles. The third-order valence-electron chi connectivity index (χ3n) is 5.38. The van der Waals surface area contributed by atoms with Crippen LogP contribution in [0.3, 0.4) is 0 Å².